The molecule has 1 heterocycles. The number of carbonyl (C=O) groups is 3. The lowest BCUT2D eigenvalue weighted by Gasteiger charge is -2.26. The number of hydrogen-bond acceptors (Lipinski definition) is 8. The van der Waals surface area contributed by atoms with Gasteiger partial charge < -0.3 is 14.2 Å². The van der Waals surface area contributed by atoms with Crippen molar-refractivity contribution >= 4 is 35.3 Å². The molecule has 0 aliphatic carbocycles. The number of nitrogens with one attached hydrogen (secondary N) is 1. The van der Waals surface area contributed by atoms with Crippen molar-refractivity contribution in [1.29, 1.82) is 0 Å². The first-order valence-corrected chi connectivity index (χ1v) is 12.0. The summed E-state index contributed by atoms with van der Waals surface area (Å²) >= 11 is 0. The Morgan fingerprint density at radius 1 is 0.974 bits per heavy atom. The molecule has 1 aliphatic rings. The summed E-state index contributed by atoms with van der Waals surface area (Å²) in [5.74, 6) is -0.343. The van der Waals surface area contributed by atoms with E-state index in [4.69, 9.17) is 14.2 Å². The molecule has 1 fully saturated rings. The van der Waals surface area contributed by atoms with Crippen molar-refractivity contribution in [3.05, 3.63) is 93.5 Å². The summed E-state index contributed by atoms with van der Waals surface area (Å²) in [4.78, 5) is 49.7. The number of amides is 4. The first kappa shape index (κ1) is 26.9. The number of anilines is 1. The van der Waals surface area contributed by atoms with E-state index in [2.05, 4.69) is 5.32 Å². The van der Waals surface area contributed by atoms with Crippen molar-refractivity contribution < 1.29 is 33.5 Å². The fourth-order valence-corrected chi connectivity index (χ4v) is 3.78. The van der Waals surface area contributed by atoms with Gasteiger partial charge in [0.2, 0.25) is 0 Å². The van der Waals surface area contributed by atoms with Crippen LogP contribution in [0.2, 0.25) is 0 Å². The van der Waals surface area contributed by atoms with Gasteiger partial charge in [0.1, 0.15) is 17.9 Å². The van der Waals surface area contributed by atoms with Gasteiger partial charge in [0.25, 0.3) is 17.5 Å². The van der Waals surface area contributed by atoms with Crippen LogP contribution in [0.15, 0.2) is 72.3 Å². The van der Waals surface area contributed by atoms with Gasteiger partial charge in [-0.05, 0) is 60.0 Å². The van der Waals surface area contributed by atoms with Crippen molar-refractivity contribution in [2.45, 2.75) is 20.0 Å². The number of urea groups is 1. The second-order valence-corrected chi connectivity index (χ2v) is 8.43. The van der Waals surface area contributed by atoms with Gasteiger partial charge in [-0.1, -0.05) is 25.1 Å². The number of non-ortho nitro benzene ring substituents is 1. The summed E-state index contributed by atoms with van der Waals surface area (Å²) in [6.07, 6.45) is 2.18. The van der Waals surface area contributed by atoms with Crippen LogP contribution in [-0.2, 0) is 16.2 Å². The lowest BCUT2D eigenvalue weighted by atomic mass is 10.1. The quantitative estimate of drug-likeness (QED) is 0.173. The lowest BCUT2D eigenvalue weighted by molar-refractivity contribution is -0.384. The van der Waals surface area contributed by atoms with Crippen LogP contribution < -0.4 is 24.4 Å². The van der Waals surface area contributed by atoms with Gasteiger partial charge in [0, 0.05) is 12.1 Å². The van der Waals surface area contributed by atoms with E-state index in [0.29, 0.717) is 35.0 Å². The Balaban J connectivity index is 1.54. The van der Waals surface area contributed by atoms with E-state index < -0.39 is 22.8 Å². The Morgan fingerprint density at radius 2 is 1.74 bits per heavy atom. The molecule has 0 unspecified atom stereocenters. The SMILES string of the molecule is CCCOc1ccc(N2C(=O)NC(=O)/C(=C/c3ccc(OCc4cccc([N+](=O)[O-])c4)c(OC)c3)C2=O)cc1. The first-order valence-electron chi connectivity index (χ1n) is 12.0. The van der Waals surface area contributed by atoms with Crippen LogP contribution in [0.25, 0.3) is 6.08 Å². The minimum atomic E-state index is -0.855. The van der Waals surface area contributed by atoms with Gasteiger partial charge in [-0.15, -0.1) is 0 Å². The third kappa shape index (κ3) is 6.21. The largest absolute Gasteiger partial charge is 0.494 e. The monoisotopic (exact) mass is 531 g/mol. The van der Waals surface area contributed by atoms with E-state index in [1.165, 1.54) is 25.3 Å². The minimum absolute atomic E-state index is 0.0474. The third-order valence-corrected chi connectivity index (χ3v) is 5.68. The highest BCUT2D eigenvalue weighted by molar-refractivity contribution is 6.39. The van der Waals surface area contributed by atoms with Crippen molar-refractivity contribution in [3.8, 4) is 17.2 Å². The average Bonchev–Trinajstić information content (AvgIpc) is 2.94. The number of imide groups is 2. The molecule has 1 saturated heterocycles. The number of nitro groups is 1. The highest BCUT2D eigenvalue weighted by atomic mass is 16.6. The predicted molar refractivity (Wildman–Crippen MR) is 142 cm³/mol. The standard InChI is InChI=1S/C28H25N3O8/c1-3-13-38-22-10-8-20(9-11-22)30-27(33)23(26(32)29-28(30)34)15-18-7-12-24(25(16-18)37-2)39-17-19-5-4-6-21(14-19)31(35)36/h4-12,14-16H,3,13,17H2,1-2H3,(H,29,32,34)/b23-15-. The molecule has 4 rings (SSSR count). The van der Waals surface area contributed by atoms with Crippen LogP contribution >= 0.6 is 0 Å². The zero-order chi connectivity index (χ0) is 27.9. The second-order valence-electron chi connectivity index (χ2n) is 8.43. The minimum Gasteiger partial charge on any atom is -0.494 e. The van der Waals surface area contributed by atoms with Crippen LogP contribution in [0.3, 0.4) is 0 Å². The highest BCUT2D eigenvalue weighted by Gasteiger charge is 2.36. The molecule has 3 aromatic rings. The van der Waals surface area contributed by atoms with E-state index in [9.17, 15) is 24.5 Å². The molecule has 11 heteroatoms. The Bertz CT molecular complexity index is 1450. The molecule has 0 aromatic heterocycles. The van der Waals surface area contributed by atoms with Gasteiger partial charge in [0.05, 0.1) is 24.3 Å². The summed E-state index contributed by atoms with van der Waals surface area (Å²) in [6, 6.07) is 16.4. The highest BCUT2D eigenvalue weighted by Crippen LogP contribution is 2.31. The van der Waals surface area contributed by atoms with Crippen molar-refractivity contribution in [2.75, 3.05) is 18.6 Å². The van der Waals surface area contributed by atoms with Gasteiger partial charge in [-0.2, -0.15) is 0 Å². The molecule has 0 atom stereocenters. The zero-order valence-electron chi connectivity index (χ0n) is 21.2. The summed E-state index contributed by atoms with van der Waals surface area (Å²) < 4.78 is 16.7. The summed E-state index contributed by atoms with van der Waals surface area (Å²) in [5, 5.41) is 13.2. The molecule has 39 heavy (non-hydrogen) atoms. The maximum absolute atomic E-state index is 13.2. The van der Waals surface area contributed by atoms with Gasteiger partial charge >= 0.3 is 6.03 Å². The summed E-state index contributed by atoms with van der Waals surface area (Å²) in [7, 11) is 1.43. The van der Waals surface area contributed by atoms with Crippen molar-refractivity contribution in [3.63, 3.8) is 0 Å². The number of hydrogen-bond donors (Lipinski definition) is 1. The Labute approximate surface area is 223 Å². The zero-order valence-corrected chi connectivity index (χ0v) is 21.2. The molecular formula is C28H25N3O8. The molecule has 1 aliphatic heterocycles. The molecule has 4 amide bonds. The Kier molecular flexibility index (Phi) is 8.20. The lowest BCUT2D eigenvalue weighted by Crippen LogP contribution is -2.54. The number of barbiturate groups is 1. The van der Waals surface area contributed by atoms with Crippen molar-refractivity contribution in [1.82, 2.24) is 5.32 Å². The topological polar surface area (TPSA) is 137 Å². The fraction of sp³-hybridized carbons (Fsp3) is 0.179. The third-order valence-electron chi connectivity index (χ3n) is 5.68. The molecule has 200 valence electrons. The van der Waals surface area contributed by atoms with E-state index in [1.807, 2.05) is 6.92 Å². The van der Waals surface area contributed by atoms with Crippen LogP contribution in [0.4, 0.5) is 16.2 Å². The molecule has 0 spiro atoms. The molecular weight excluding hydrogens is 506 g/mol. The first-order chi connectivity index (χ1) is 18.8. The molecule has 0 radical (unpaired) electrons. The van der Waals surface area contributed by atoms with E-state index >= 15 is 0 Å². The van der Waals surface area contributed by atoms with Crippen LogP contribution in [0.1, 0.15) is 24.5 Å². The summed E-state index contributed by atoms with van der Waals surface area (Å²) in [6.45, 7) is 2.57. The normalized spacial score (nSPS) is 14.3. The van der Waals surface area contributed by atoms with Gasteiger partial charge in [-0.3, -0.25) is 25.0 Å². The van der Waals surface area contributed by atoms with E-state index in [1.54, 1.807) is 54.6 Å². The van der Waals surface area contributed by atoms with E-state index in [-0.39, 0.29) is 23.6 Å². The Hall–Kier alpha value is -5.19. The smallest absolute Gasteiger partial charge is 0.335 e. The number of rotatable bonds is 10. The van der Waals surface area contributed by atoms with Crippen LogP contribution in [-0.4, -0.2) is 36.5 Å². The number of nitrogens with zero attached hydrogens (tertiary/aromatic N) is 2. The number of benzene rings is 3. The van der Waals surface area contributed by atoms with Crippen molar-refractivity contribution in [2.24, 2.45) is 0 Å². The second kappa shape index (κ2) is 11.9. The fourth-order valence-electron chi connectivity index (χ4n) is 3.78. The van der Waals surface area contributed by atoms with Crippen LogP contribution in [0.5, 0.6) is 17.2 Å². The Morgan fingerprint density at radius 3 is 2.44 bits per heavy atom. The molecule has 1 N–H and O–H groups in total. The van der Waals surface area contributed by atoms with Gasteiger partial charge in [-0.25, -0.2) is 9.69 Å². The maximum Gasteiger partial charge on any atom is 0.335 e. The molecule has 3 aromatic carbocycles. The molecule has 0 bridgehead atoms. The molecule has 11 nitrogen and oxygen atoms in total. The van der Waals surface area contributed by atoms with Gasteiger partial charge in [0.15, 0.2) is 11.5 Å². The number of carbonyl (C=O) groups excluding carboxylic acids is 3. The predicted octanol–water partition coefficient (Wildman–Crippen LogP) is 4.64. The maximum atomic E-state index is 13.2. The number of methoxy groups -OCH3 is 1. The summed E-state index contributed by atoms with van der Waals surface area (Å²) in [5.41, 5.74) is 1.03. The number of ether oxygens (including phenoxy) is 3. The average molecular weight is 532 g/mol. The number of nitro benzene ring substituents is 1. The van der Waals surface area contributed by atoms with E-state index in [0.717, 1.165) is 11.3 Å². The van der Waals surface area contributed by atoms with Crippen LogP contribution in [0, 0.1) is 10.1 Å². The molecule has 0 saturated carbocycles.